The zero-order chi connectivity index (χ0) is 13.7. The van der Waals surface area contributed by atoms with E-state index >= 15 is 0 Å². The predicted octanol–water partition coefficient (Wildman–Crippen LogP) is 1.42. The molecule has 0 unspecified atom stereocenters. The van der Waals surface area contributed by atoms with Crippen molar-refractivity contribution in [2.75, 3.05) is 0 Å². The standard InChI is InChI=1S/C14H15N3O2/c1-17-7-3-5-12(17)9-14(19)16-15-10-11-4-2-6-13(18)8-11/h2-8,10,18H,9H2,1H3,(H,16,19)/b15-10+. The third-order valence-electron chi connectivity index (χ3n) is 2.67. The highest BCUT2D eigenvalue weighted by molar-refractivity contribution is 5.83. The largest absolute Gasteiger partial charge is 0.508 e. The maximum absolute atomic E-state index is 11.6. The van der Waals surface area contributed by atoms with E-state index in [0.717, 1.165) is 11.3 Å². The molecule has 1 amide bonds. The molecule has 0 aliphatic carbocycles. The lowest BCUT2D eigenvalue weighted by molar-refractivity contribution is -0.120. The third-order valence-corrected chi connectivity index (χ3v) is 2.67. The molecule has 0 bridgehead atoms. The molecule has 2 rings (SSSR count). The number of phenolic OH excluding ortho intramolecular Hbond substituents is 1. The number of hydrogen-bond acceptors (Lipinski definition) is 3. The second kappa shape index (κ2) is 5.86. The lowest BCUT2D eigenvalue weighted by atomic mass is 10.2. The lowest BCUT2D eigenvalue weighted by Crippen LogP contribution is -2.20. The van der Waals surface area contributed by atoms with Gasteiger partial charge in [-0.25, -0.2) is 5.43 Å². The number of benzene rings is 1. The Morgan fingerprint density at radius 3 is 2.95 bits per heavy atom. The van der Waals surface area contributed by atoms with Crippen LogP contribution in [0, 0.1) is 0 Å². The van der Waals surface area contributed by atoms with Crippen LogP contribution in [-0.4, -0.2) is 21.8 Å². The molecule has 0 saturated heterocycles. The molecule has 19 heavy (non-hydrogen) atoms. The quantitative estimate of drug-likeness (QED) is 0.642. The molecule has 1 heterocycles. The van der Waals surface area contributed by atoms with Crippen LogP contribution in [0.3, 0.4) is 0 Å². The number of hydrogen-bond donors (Lipinski definition) is 2. The van der Waals surface area contributed by atoms with Gasteiger partial charge < -0.3 is 9.67 Å². The highest BCUT2D eigenvalue weighted by atomic mass is 16.3. The van der Waals surface area contributed by atoms with E-state index in [1.54, 1.807) is 24.3 Å². The lowest BCUT2D eigenvalue weighted by Gasteiger charge is -2.02. The van der Waals surface area contributed by atoms with E-state index < -0.39 is 0 Å². The van der Waals surface area contributed by atoms with Crippen LogP contribution in [0.25, 0.3) is 0 Å². The normalized spacial score (nSPS) is 10.8. The van der Waals surface area contributed by atoms with Gasteiger partial charge in [-0.2, -0.15) is 5.10 Å². The van der Waals surface area contributed by atoms with Gasteiger partial charge in [-0.05, 0) is 29.8 Å². The number of carbonyl (C=O) groups is 1. The second-order valence-corrected chi connectivity index (χ2v) is 4.18. The summed E-state index contributed by atoms with van der Waals surface area (Å²) in [4.78, 5) is 11.6. The van der Waals surface area contributed by atoms with Gasteiger partial charge in [0.1, 0.15) is 5.75 Å². The summed E-state index contributed by atoms with van der Waals surface area (Å²) in [5, 5.41) is 13.1. The molecule has 5 heteroatoms. The molecule has 1 aromatic carbocycles. The monoisotopic (exact) mass is 257 g/mol. The summed E-state index contributed by atoms with van der Waals surface area (Å²) in [5.41, 5.74) is 4.09. The molecule has 0 saturated carbocycles. The van der Waals surface area contributed by atoms with Crippen LogP contribution < -0.4 is 5.43 Å². The Hall–Kier alpha value is -2.56. The Kier molecular flexibility index (Phi) is 3.97. The maximum atomic E-state index is 11.6. The fourth-order valence-corrected chi connectivity index (χ4v) is 1.67. The van der Waals surface area contributed by atoms with Crippen molar-refractivity contribution in [1.29, 1.82) is 0 Å². The van der Waals surface area contributed by atoms with Crippen LogP contribution in [0.5, 0.6) is 5.75 Å². The maximum Gasteiger partial charge on any atom is 0.245 e. The molecule has 5 nitrogen and oxygen atoms in total. The first-order valence-corrected chi connectivity index (χ1v) is 5.86. The molecule has 0 radical (unpaired) electrons. The van der Waals surface area contributed by atoms with Gasteiger partial charge in [0.25, 0.3) is 0 Å². The number of nitrogens with one attached hydrogen (secondary N) is 1. The number of aromatic hydroxyl groups is 1. The van der Waals surface area contributed by atoms with Crippen molar-refractivity contribution in [3.05, 3.63) is 53.9 Å². The number of nitrogens with zero attached hydrogens (tertiary/aromatic N) is 2. The van der Waals surface area contributed by atoms with Crippen molar-refractivity contribution in [1.82, 2.24) is 9.99 Å². The average Bonchev–Trinajstić information content (AvgIpc) is 2.75. The Morgan fingerprint density at radius 1 is 1.42 bits per heavy atom. The summed E-state index contributed by atoms with van der Waals surface area (Å²) in [6, 6.07) is 10.4. The minimum absolute atomic E-state index is 0.166. The molecule has 98 valence electrons. The number of phenols is 1. The number of rotatable bonds is 4. The minimum atomic E-state index is -0.182. The molecular weight excluding hydrogens is 242 g/mol. The molecule has 0 aliphatic rings. The van der Waals surface area contributed by atoms with Crippen LogP contribution in [0.15, 0.2) is 47.7 Å². The van der Waals surface area contributed by atoms with Crippen LogP contribution in [0.2, 0.25) is 0 Å². The molecule has 0 fully saturated rings. The fourth-order valence-electron chi connectivity index (χ4n) is 1.67. The Morgan fingerprint density at radius 2 is 2.26 bits per heavy atom. The number of aromatic nitrogens is 1. The summed E-state index contributed by atoms with van der Waals surface area (Å²) in [6.07, 6.45) is 3.65. The van der Waals surface area contributed by atoms with E-state index in [4.69, 9.17) is 0 Å². The smallest absolute Gasteiger partial charge is 0.245 e. The van der Waals surface area contributed by atoms with E-state index in [9.17, 15) is 9.90 Å². The van der Waals surface area contributed by atoms with Gasteiger partial charge in [-0.15, -0.1) is 0 Å². The number of hydrazone groups is 1. The summed E-state index contributed by atoms with van der Waals surface area (Å²) in [5.74, 6) is -0.0164. The molecular formula is C14H15N3O2. The molecule has 2 aromatic rings. The molecule has 1 aromatic heterocycles. The van der Waals surface area contributed by atoms with Gasteiger partial charge in [-0.1, -0.05) is 12.1 Å². The molecule has 2 N–H and O–H groups in total. The minimum Gasteiger partial charge on any atom is -0.508 e. The fraction of sp³-hybridized carbons (Fsp3) is 0.143. The van der Waals surface area contributed by atoms with Crippen molar-refractivity contribution < 1.29 is 9.90 Å². The van der Waals surface area contributed by atoms with Gasteiger partial charge >= 0.3 is 0 Å². The van der Waals surface area contributed by atoms with Crippen molar-refractivity contribution in [3.63, 3.8) is 0 Å². The highest BCUT2D eigenvalue weighted by Crippen LogP contribution is 2.08. The van der Waals surface area contributed by atoms with E-state index in [0.29, 0.717) is 0 Å². The van der Waals surface area contributed by atoms with Crippen LogP contribution in [0.4, 0.5) is 0 Å². The van der Waals surface area contributed by atoms with Gasteiger partial charge in [0, 0.05) is 18.9 Å². The van der Waals surface area contributed by atoms with Crippen molar-refractivity contribution in [2.24, 2.45) is 12.1 Å². The molecule has 0 spiro atoms. The summed E-state index contributed by atoms with van der Waals surface area (Å²) in [6.45, 7) is 0. The Bertz CT molecular complexity index is 602. The second-order valence-electron chi connectivity index (χ2n) is 4.18. The molecule has 0 atom stereocenters. The first-order chi connectivity index (χ1) is 9.15. The van der Waals surface area contributed by atoms with E-state index in [1.807, 2.05) is 29.9 Å². The number of carbonyl (C=O) groups excluding carboxylic acids is 1. The Balaban J connectivity index is 1.88. The summed E-state index contributed by atoms with van der Waals surface area (Å²) < 4.78 is 1.89. The Labute approximate surface area is 111 Å². The van der Waals surface area contributed by atoms with Crippen molar-refractivity contribution in [2.45, 2.75) is 6.42 Å². The average molecular weight is 257 g/mol. The van der Waals surface area contributed by atoms with Crippen LogP contribution in [0.1, 0.15) is 11.3 Å². The van der Waals surface area contributed by atoms with E-state index in [2.05, 4.69) is 10.5 Å². The topological polar surface area (TPSA) is 66.6 Å². The van der Waals surface area contributed by atoms with Crippen LogP contribution in [-0.2, 0) is 18.3 Å². The van der Waals surface area contributed by atoms with E-state index in [-0.39, 0.29) is 18.1 Å². The van der Waals surface area contributed by atoms with Crippen molar-refractivity contribution in [3.8, 4) is 5.75 Å². The van der Waals surface area contributed by atoms with Crippen LogP contribution >= 0.6 is 0 Å². The highest BCUT2D eigenvalue weighted by Gasteiger charge is 2.04. The first kappa shape index (κ1) is 12.9. The van der Waals surface area contributed by atoms with Gasteiger partial charge in [0.2, 0.25) is 5.91 Å². The third kappa shape index (κ3) is 3.70. The zero-order valence-corrected chi connectivity index (χ0v) is 10.6. The van der Waals surface area contributed by atoms with E-state index in [1.165, 1.54) is 6.21 Å². The number of amides is 1. The number of aryl methyl sites for hydroxylation is 1. The zero-order valence-electron chi connectivity index (χ0n) is 10.6. The molecule has 0 aliphatic heterocycles. The SMILES string of the molecule is Cn1cccc1CC(=O)N/N=C/c1cccc(O)c1. The summed E-state index contributed by atoms with van der Waals surface area (Å²) in [7, 11) is 1.89. The van der Waals surface area contributed by atoms with Gasteiger partial charge in [0.15, 0.2) is 0 Å². The summed E-state index contributed by atoms with van der Waals surface area (Å²) >= 11 is 0. The van der Waals surface area contributed by atoms with Gasteiger partial charge in [-0.3, -0.25) is 4.79 Å². The van der Waals surface area contributed by atoms with Crippen molar-refractivity contribution >= 4 is 12.1 Å². The first-order valence-electron chi connectivity index (χ1n) is 5.86. The predicted molar refractivity (Wildman–Crippen MR) is 73.0 cm³/mol. The van der Waals surface area contributed by atoms with Gasteiger partial charge in [0.05, 0.1) is 12.6 Å².